The van der Waals surface area contributed by atoms with Crippen LogP contribution in [0.4, 0.5) is 5.69 Å². The highest BCUT2D eigenvalue weighted by Gasteiger charge is 2.11. The number of nitrogen functional groups attached to an aromatic ring is 1. The summed E-state index contributed by atoms with van der Waals surface area (Å²) in [5.74, 6) is -0.326. The van der Waals surface area contributed by atoms with Gasteiger partial charge in [0.1, 0.15) is 12.4 Å². The minimum atomic E-state index is -0.468. The van der Waals surface area contributed by atoms with Crippen LogP contribution in [0.5, 0.6) is 5.75 Å². The molecule has 19 heavy (non-hydrogen) atoms. The predicted molar refractivity (Wildman–Crippen MR) is 72.8 cm³/mol. The number of nitrogens with two attached hydrogens (primary N) is 1. The van der Waals surface area contributed by atoms with Crippen LogP contribution in [0, 0.1) is 6.92 Å². The summed E-state index contributed by atoms with van der Waals surface area (Å²) >= 11 is 0. The molecule has 0 bridgehead atoms. The number of phenols is 1. The molecule has 0 saturated heterocycles. The Morgan fingerprint density at radius 3 is 2.79 bits per heavy atom. The second-order valence-corrected chi connectivity index (χ2v) is 4.34. The molecule has 4 heteroatoms. The Hall–Kier alpha value is -2.49. The van der Waals surface area contributed by atoms with Gasteiger partial charge in [-0.2, -0.15) is 0 Å². The van der Waals surface area contributed by atoms with Crippen LogP contribution >= 0.6 is 0 Å². The number of hydrogen-bond donors (Lipinski definition) is 2. The number of carbonyl (C=O) groups is 1. The van der Waals surface area contributed by atoms with E-state index in [1.54, 1.807) is 36.4 Å². The quantitative estimate of drug-likeness (QED) is 0.655. The molecule has 0 aliphatic carbocycles. The molecule has 0 atom stereocenters. The van der Waals surface area contributed by atoms with Crippen LogP contribution in [-0.4, -0.2) is 11.1 Å². The largest absolute Gasteiger partial charge is 0.508 e. The van der Waals surface area contributed by atoms with Crippen molar-refractivity contribution in [2.45, 2.75) is 13.5 Å². The monoisotopic (exact) mass is 257 g/mol. The van der Waals surface area contributed by atoms with Crippen LogP contribution in [0.15, 0.2) is 42.5 Å². The molecule has 0 aliphatic rings. The molecule has 0 aliphatic heterocycles. The summed E-state index contributed by atoms with van der Waals surface area (Å²) < 4.78 is 5.17. The Balaban J connectivity index is 2.07. The molecule has 98 valence electrons. The predicted octanol–water partition coefficient (Wildman–Crippen LogP) is 2.64. The topological polar surface area (TPSA) is 72.6 Å². The Bertz CT molecular complexity index is 608. The number of aryl methyl sites for hydroxylation is 1. The van der Waals surface area contributed by atoms with E-state index in [4.69, 9.17) is 10.5 Å². The molecule has 2 rings (SSSR count). The summed E-state index contributed by atoms with van der Waals surface area (Å²) in [4.78, 5) is 11.9. The van der Waals surface area contributed by atoms with Gasteiger partial charge in [0.2, 0.25) is 0 Å². The van der Waals surface area contributed by atoms with Crippen molar-refractivity contribution in [3.05, 3.63) is 59.2 Å². The highest BCUT2D eigenvalue weighted by Crippen LogP contribution is 2.17. The van der Waals surface area contributed by atoms with Gasteiger partial charge in [-0.05, 0) is 36.8 Å². The maximum absolute atomic E-state index is 11.9. The fourth-order valence-corrected chi connectivity index (χ4v) is 1.72. The number of aromatic hydroxyl groups is 1. The first kappa shape index (κ1) is 13.0. The van der Waals surface area contributed by atoms with Gasteiger partial charge in [-0.25, -0.2) is 4.79 Å². The highest BCUT2D eigenvalue weighted by molar-refractivity contribution is 5.95. The van der Waals surface area contributed by atoms with Gasteiger partial charge in [-0.1, -0.05) is 23.8 Å². The van der Waals surface area contributed by atoms with Gasteiger partial charge in [0.15, 0.2) is 0 Å². The first-order valence-electron chi connectivity index (χ1n) is 5.87. The van der Waals surface area contributed by atoms with E-state index in [0.717, 1.165) is 11.1 Å². The summed E-state index contributed by atoms with van der Waals surface area (Å²) in [6.07, 6.45) is 0. The number of rotatable bonds is 3. The highest BCUT2D eigenvalue weighted by atomic mass is 16.5. The molecule has 0 amide bonds. The van der Waals surface area contributed by atoms with Crippen LogP contribution in [0.1, 0.15) is 21.5 Å². The average molecular weight is 257 g/mol. The number of carbonyl (C=O) groups excluding carboxylic acids is 1. The van der Waals surface area contributed by atoms with Gasteiger partial charge < -0.3 is 15.6 Å². The SMILES string of the molecule is Cc1ccc(N)c(C(=O)OCc2cccc(O)c2)c1. The summed E-state index contributed by atoms with van der Waals surface area (Å²) in [5, 5.41) is 9.32. The van der Waals surface area contributed by atoms with Crippen LogP contribution in [-0.2, 0) is 11.3 Å². The molecule has 2 aromatic carbocycles. The minimum Gasteiger partial charge on any atom is -0.508 e. The van der Waals surface area contributed by atoms with E-state index < -0.39 is 5.97 Å². The van der Waals surface area contributed by atoms with Crippen LogP contribution in [0.3, 0.4) is 0 Å². The van der Waals surface area contributed by atoms with Gasteiger partial charge in [-0.3, -0.25) is 0 Å². The number of benzene rings is 2. The van der Waals surface area contributed by atoms with Crippen molar-refractivity contribution < 1.29 is 14.6 Å². The van der Waals surface area contributed by atoms with E-state index in [1.165, 1.54) is 0 Å². The second-order valence-electron chi connectivity index (χ2n) is 4.34. The van der Waals surface area contributed by atoms with Crippen molar-refractivity contribution >= 4 is 11.7 Å². The fraction of sp³-hybridized carbons (Fsp3) is 0.133. The third-order valence-electron chi connectivity index (χ3n) is 2.71. The number of ether oxygens (including phenoxy) is 1. The molecule has 3 N–H and O–H groups in total. The lowest BCUT2D eigenvalue weighted by Gasteiger charge is -2.08. The van der Waals surface area contributed by atoms with Crippen molar-refractivity contribution in [3.63, 3.8) is 0 Å². The number of phenolic OH excluding ortho intramolecular Hbond substituents is 1. The van der Waals surface area contributed by atoms with E-state index in [-0.39, 0.29) is 12.4 Å². The Labute approximate surface area is 111 Å². The molecule has 0 aromatic heterocycles. The normalized spacial score (nSPS) is 10.2. The van der Waals surface area contributed by atoms with E-state index in [9.17, 15) is 9.90 Å². The second kappa shape index (κ2) is 5.44. The number of esters is 1. The molecular weight excluding hydrogens is 242 g/mol. The van der Waals surface area contributed by atoms with Gasteiger partial charge in [0.25, 0.3) is 0 Å². The zero-order chi connectivity index (χ0) is 13.8. The van der Waals surface area contributed by atoms with Crippen molar-refractivity contribution in [1.82, 2.24) is 0 Å². The molecule has 0 unspecified atom stereocenters. The van der Waals surface area contributed by atoms with Gasteiger partial charge in [0.05, 0.1) is 5.56 Å². The van der Waals surface area contributed by atoms with E-state index in [1.807, 2.05) is 13.0 Å². The summed E-state index contributed by atoms with van der Waals surface area (Å²) in [6.45, 7) is 1.98. The number of anilines is 1. The zero-order valence-electron chi connectivity index (χ0n) is 10.6. The molecule has 0 radical (unpaired) electrons. The molecular formula is C15H15NO3. The minimum absolute atomic E-state index is 0.0978. The summed E-state index contributed by atoms with van der Waals surface area (Å²) in [5.41, 5.74) is 8.16. The first-order chi connectivity index (χ1) is 9.06. The van der Waals surface area contributed by atoms with Crippen LogP contribution in [0.25, 0.3) is 0 Å². The molecule has 4 nitrogen and oxygen atoms in total. The van der Waals surface area contributed by atoms with Crippen molar-refractivity contribution in [2.75, 3.05) is 5.73 Å². The molecule has 2 aromatic rings. The molecule has 0 fully saturated rings. The fourth-order valence-electron chi connectivity index (χ4n) is 1.72. The van der Waals surface area contributed by atoms with Crippen molar-refractivity contribution in [3.8, 4) is 5.75 Å². The maximum atomic E-state index is 11.9. The van der Waals surface area contributed by atoms with E-state index in [0.29, 0.717) is 11.3 Å². The Morgan fingerprint density at radius 2 is 2.05 bits per heavy atom. The molecule has 0 spiro atoms. The lowest BCUT2D eigenvalue weighted by Crippen LogP contribution is -2.08. The van der Waals surface area contributed by atoms with Crippen molar-refractivity contribution in [1.29, 1.82) is 0 Å². The van der Waals surface area contributed by atoms with Gasteiger partial charge >= 0.3 is 5.97 Å². The maximum Gasteiger partial charge on any atom is 0.340 e. The van der Waals surface area contributed by atoms with Crippen molar-refractivity contribution in [2.24, 2.45) is 0 Å². The van der Waals surface area contributed by atoms with E-state index in [2.05, 4.69) is 0 Å². The lowest BCUT2D eigenvalue weighted by atomic mass is 10.1. The third kappa shape index (κ3) is 3.25. The van der Waals surface area contributed by atoms with Crippen LogP contribution in [0.2, 0.25) is 0 Å². The zero-order valence-corrected chi connectivity index (χ0v) is 10.6. The standard InChI is InChI=1S/C15H15NO3/c1-10-5-6-14(16)13(7-10)15(18)19-9-11-3-2-4-12(17)8-11/h2-8,17H,9,16H2,1H3. The first-order valence-corrected chi connectivity index (χ1v) is 5.87. The van der Waals surface area contributed by atoms with Gasteiger partial charge in [-0.15, -0.1) is 0 Å². The average Bonchev–Trinajstić information content (AvgIpc) is 2.39. The van der Waals surface area contributed by atoms with Crippen LogP contribution < -0.4 is 5.73 Å². The molecule has 0 heterocycles. The number of hydrogen-bond acceptors (Lipinski definition) is 4. The van der Waals surface area contributed by atoms with E-state index >= 15 is 0 Å². The smallest absolute Gasteiger partial charge is 0.340 e. The van der Waals surface area contributed by atoms with Gasteiger partial charge in [0, 0.05) is 5.69 Å². The summed E-state index contributed by atoms with van der Waals surface area (Å²) in [7, 11) is 0. The lowest BCUT2D eigenvalue weighted by molar-refractivity contribution is 0.0473. The third-order valence-corrected chi connectivity index (χ3v) is 2.71. The Morgan fingerprint density at radius 1 is 1.26 bits per heavy atom. The molecule has 0 saturated carbocycles. The summed E-state index contributed by atoms with van der Waals surface area (Å²) in [6, 6.07) is 11.8. The Kier molecular flexibility index (Phi) is 3.71.